The molecular formula is C26H27ClN2O5S. The highest BCUT2D eigenvalue weighted by molar-refractivity contribution is 7.92. The fraction of sp³-hybridized carbons (Fsp3) is 0.269. The van der Waals surface area contributed by atoms with E-state index in [1.54, 1.807) is 36.4 Å². The van der Waals surface area contributed by atoms with Crippen LogP contribution in [0.2, 0.25) is 5.02 Å². The van der Waals surface area contributed by atoms with Gasteiger partial charge in [-0.2, -0.15) is 0 Å². The minimum Gasteiger partial charge on any atom is -0.491 e. The third-order valence-corrected chi connectivity index (χ3v) is 7.71. The molecule has 3 aromatic carbocycles. The monoisotopic (exact) mass is 514 g/mol. The predicted molar refractivity (Wildman–Crippen MR) is 136 cm³/mol. The molecule has 4 rings (SSSR count). The standard InChI is InChI=1S/C26H27ClN2O5S/c1-17-4-8-21(9-5-17)35(31,32)29-16-25(34-24-11-7-20(27)15-22(24)29)26(30)28-12-13-33-23-10-6-18(2)14-19(23)3/h4-11,14-15,25H,12-13,16H2,1-3H3,(H,28,30)/t25-/m0/s1. The normalized spacial score (nSPS) is 15.2. The van der Waals surface area contributed by atoms with Gasteiger partial charge in [-0.25, -0.2) is 8.42 Å². The average molecular weight is 515 g/mol. The van der Waals surface area contributed by atoms with Crippen LogP contribution in [0.15, 0.2) is 65.6 Å². The highest BCUT2D eigenvalue weighted by atomic mass is 35.5. The summed E-state index contributed by atoms with van der Waals surface area (Å²) in [7, 11) is -3.95. The number of amides is 1. The molecule has 1 heterocycles. The lowest BCUT2D eigenvalue weighted by Crippen LogP contribution is -2.51. The summed E-state index contributed by atoms with van der Waals surface area (Å²) in [4.78, 5) is 13.0. The van der Waals surface area contributed by atoms with Crippen molar-refractivity contribution >= 4 is 33.2 Å². The van der Waals surface area contributed by atoms with Crippen LogP contribution < -0.4 is 19.1 Å². The van der Waals surface area contributed by atoms with E-state index in [4.69, 9.17) is 21.1 Å². The fourth-order valence-electron chi connectivity index (χ4n) is 3.84. The molecule has 1 N–H and O–H groups in total. The molecule has 0 unspecified atom stereocenters. The number of carbonyl (C=O) groups excluding carboxylic acids is 1. The first kappa shape index (κ1) is 24.9. The molecule has 35 heavy (non-hydrogen) atoms. The van der Waals surface area contributed by atoms with Crippen LogP contribution in [0.5, 0.6) is 11.5 Å². The average Bonchev–Trinajstić information content (AvgIpc) is 2.82. The minimum absolute atomic E-state index is 0.122. The number of benzene rings is 3. The van der Waals surface area contributed by atoms with Gasteiger partial charge in [-0.05, 0) is 62.7 Å². The maximum Gasteiger partial charge on any atom is 0.264 e. The summed E-state index contributed by atoms with van der Waals surface area (Å²) in [6.45, 7) is 6.17. The van der Waals surface area contributed by atoms with E-state index < -0.39 is 22.0 Å². The maximum atomic E-state index is 13.5. The summed E-state index contributed by atoms with van der Waals surface area (Å²) in [5.74, 6) is 0.585. The van der Waals surface area contributed by atoms with E-state index in [-0.39, 0.29) is 30.3 Å². The highest BCUT2D eigenvalue weighted by Crippen LogP contribution is 2.38. The number of anilines is 1. The number of hydrogen-bond acceptors (Lipinski definition) is 5. The molecule has 1 atom stereocenters. The van der Waals surface area contributed by atoms with Gasteiger partial charge in [-0.15, -0.1) is 0 Å². The first-order valence-corrected chi connectivity index (χ1v) is 13.0. The number of ether oxygens (including phenoxy) is 2. The number of fused-ring (bicyclic) bond motifs is 1. The third kappa shape index (κ3) is 5.55. The molecule has 1 aliphatic rings. The van der Waals surface area contributed by atoms with Crippen LogP contribution in [-0.4, -0.2) is 40.1 Å². The summed E-state index contributed by atoms with van der Waals surface area (Å²) in [6, 6.07) is 17.1. The van der Waals surface area contributed by atoms with Crippen molar-refractivity contribution in [2.75, 3.05) is 24.0 Å². The summed E-state index contributed by atoms with van der Waals surface area (Å²) in [5.41, 5.74) is 3.39. The third-order valence-electron chi connectivity index (χ3n) is 5.68. The Morgan fingerprint density at radius 1 is 1.06 bits per heavy atom. The Balaban J connectivity index is 1.48. The zero-order chi connectivity index (χ0) is 25.2. The van der Waals surface area contributed by atoms with Crippen LogP contribution in [0, 0.1) is 20.8 Å². The number of aryl methyl sites for hydroxylation is 3. The molecule has 1 amide bonds. The molecule has 0 spiro atoms. The van der Waals surface area contributed by atoms with Crippen molar-refractivity contribution in [1.29, 1.82) is 0 Å². The quantitative estimate of drug-likeness (QED) is 0.472. The number of rotatable bonds is 7. The Hall–Kier alpha value is -3.23. The SMILES string of the molecule is Cc1ccc(S(=O)(=O)N2C[C@@H](C(=O)NCCOc3ccc(C)cc3C)Oc3ccc(Cl)cc32)cc1. The van der Waals surface area contributed by atoms with Crippen LogP contribution in [0.4, 0.5) is 5.69 Å². The van der Waals surface area contributed by atoms with Gasteiger partial charge in [0.2, 0.25) is 0 Å². The van der Waals surface area contributed by atoms with Crippen molar-refractivity contribution < 1.29 is 22.7 Å². The smallest absolute Gasteiger partial charge is 0.264 e. The second kappa shape index (κ2) is 10.2. The minimum atomic E-state index is -3.95. The Labute approximate surface area is 210 Å². The van der Waals surface area contributed by atoms with Gasteiger partial charge in [-0.3, -0.25) is 9.10 Å². The molecule has 0 radical (unpaired) electrons. The van der Waals surface area contributed by atoms with Crippen molar-refractivity contribution in [2.24, 2.45) is 0 Å². The lowest BCUT2D eigenvalue weighted by Gasteiger charge is -2.34. The Kier molecular flexibility index (Phi) is 7.23. The van der Waals surface area contributed by atoms with E-state index in [0.717, 1.165) is 22.4 Å². The van der Waals surface area contributed by atoms with E-state index in [2.05, 4.69) is 5.32 Å². The molecule has 0 fully saturated rings. The second-order valence-electron chi connectivity index (χ2n) is 8.48. The summed E-state index contributed by atoms with van der Waals surface area (Å²) >= 11 is 6.14. The number of halogens is 1. The molecule has 0 saturated carbocycles. The van der Waals surface area contributed by atoms with Crippen LogP contribution >= 0.6 is 11.6 Å². The first-order valence-electron chi connectivity index (χ1n) is 11.2. The first-order chi connectivity index (χ1) is 16.6. The predicted octanol–water partition coefficient (Wildman–Crippen LogP) is 4.42. The number of nitrogens with one attached hydrogen (secondary N) is 1. The van der Waals surface area contributed by atoms with E-state index in [1.165, 1.54) is 10.4 Å². The maximum absolute atomic E-state index is 13.5. The van der Waals surface area contributed by atoms with Gasteiger partial charge in [0, 0.05) is 5.02 Å². The molecule has 9 heteroatoms. The molecular weight excluding hydrogens is 488 g/mol. The van der Waals surface area contributed by atoms with Crippen LogP contribution in [-0.2, 0) is 14.8 Å². The summed E-state index contributed by atoms with van der Waals surface area (Å²) in [6.07, 6.45) is -1.04. The van der Waals surface area contributed by atoms with Gasteiger partial charge in [0.15, 0.2) is 6.10 Å². The molecule has 7 nitrogen and oxygen atoms in total. The second-order valence-corrected chi connectivity index (χ2v) is 10.8. The van der Waals surface area contributed by atoms with Crippen molar-refractivity contribution in [2.45, 2.75) is 31.8 Å². The zero-order valence-corrected chi connectivity index (χ0v) is 21.3. The van der Waals surface area contributed by atoms with Crippen LogP contribution in [0.25, 0.3) is 0 Å². The Morgan fingerprint density at radius 3 is 2.49 bits per heavy atom. The molecule has 184 valence electrons. The lowest BCUT2D eigenvalue weighted by molar-refractivity contribution is -0.127. The van der Waals surface area contributed by atoms with Crippen molar-refractivity contribution in [3.05, 3.63) is 82.4 Å². The topological polar surface area (TPSA) is 84.9 Å². The Bertz CT molecular complexity index is 1340. The number of nitrogens with zero attached hydrogens (tertiary/aromatic N) is 1. The van der Waals surface area contributed by atoms with Crippen molar-refractivity contribution in [3.63, 3.8) is 0 Å². The highest BCUT2D eigenvalue weighted by Gasteiger charge is 2.37. The fourth-order valence-corrected chi connectivity index (χ4v) is 5.47. The molecule has 0 aromatic heterocycles. The number of hydrogen-bond donors (Lipinski definition) is 1. The van der Waals surface area contributed by atoms with E-state index in [0.29, 0.717) is 10.7 Å². The van der Waals surface area contributed by atoms with Gasteiger partial charge in [0.1, 0.15) is 18.1 Å². The van der Waals surface area contributed by atoms with Gasteiger partial charge in [0.25, 0.3) is 15.9 Å². The van der Waals surface area contributed by atoms with E-state index >= 15 is 0 Å². The van der Waals surface area contributed by atoms with Crippen LogP contribution in [0.3, 0.4) is 0 Å². The summed E-state index contributed by atoms with van der Waals surface area (Å²) < 4.78 is 39.8. The van der Waals surface area contributed by atoms with Gasteiger partial charge in [-0.1, -0.05) is 47.0 Å². The lowest BCUT2D eigenvalue weighted by atomic mass is 10.1. The van der Waals surface area contributed by atoms with Crippen LogP contribution in [0.1, 0.15) is 16.7 Å². The molecule has 0 bridgehead atoms. The van der Waals surface area contributed by atoms with Crippen molar-refractivity contribution in [1.82, 2.24) is 5.32 Å². The van der Waals surface area contributed by atoms with E-state index in [1.807, 2.05) is 39.0 Å². The van der Waals surface area contributed by atoms with Gasteiger partial charge >= 0.3 is 0 Å². The molecule has 0 saturated heterocycles. The largest absolute Gasteiger partial charge is 0.491 e. The summed E-state index contributed by atoms with van der Waals surface area (Å²) in [5, 5.41) is 3.14. The number of sulfonamides is 1. The van der Waals surface area contributed by atoms with Crippen molar-refractivity contribution in [3.8, 4) is 11.5 Å². The number of carbonyl (C=O) groups is 1. The Morgan fingerprint density at radius 2 is 1.77 bits per heavy atom. The van der Waals surface area contributed by atoms with Gasteiger partial charge < -0.3 is 14.8 Å². The zero-order valence-electron chi connectivity index (χ0n) is 19.7. The molecule has 3 aromatic rings. The van der Waals surface area contributed by atoms with E-state index in [9.17, 15) is 13.2 Å². The van der Waals surface area contributed by atoms with Gasteiger partial charge in [0.05, 0.1) is 23.7 Å². The molecule has 1 aliphatic heterocycles. The molecule has 0 aliphatic carbocycles.